The van der Waals surface area contributed by atoms with Crippen LogP contribution in [0.2, 0.25) is 0 Å². The third kappa shape index (κ3) is 10.3. The maximum absolute atomic E-state index is 13.2. The number of para-hydroxylation sites is 2. The van der Waals surface area contributed by atoms with E-state index in [0.717, 1.165) is 41.7 Å². The van der Waals surface area contributed by atoms with Gasteiger partial charge in [0.25, 0.3) is 0 Å². The molecule has 0 spiro atoms. The van der Waals surface area contributed by atoms with Crippen molar-refractivity contribution in [2.45, 2.75) is 58.6 Å². The third-order valence-electron chi connectivity index (χ3n) is 7.13. The van der Waals surface area contributed by atoms with E-state index in [1.165, 1.54) is 12.1 Å². The van der Waals surface area contributed by atoms with E-state index in [2.05, 4.69) is 29.5 Å². The molecule has 0 fully saturated rings. The van der Waals surface area contributed by atoms with Crippen LogP contribution in [0.3, 0.4) is 0 Å². The van der Waals surface area contributed by atoms with E-state index in [1.54, 1.807) is 23.0 Å². The van der Waals surface area contributed by atoms with Crippen molar-refractivity contribution in [3.05, 3.63) is 96.1 Å². The van der Waals surface area contributed by atoms with Gasteiger partial charge in [-0.3, -0.25) is 4.79 Å². The van der Waals surface area contributed by atoms with Gasteiger partial charge in [0, 0.05) is 17.7 Å². The molecule has 1 atom stereocenters. The molecule has 0 aliphatic rings. The lowest BCUT2D eigenvalue weighted by Gasteiger charge is -2.17. The molecule has 10 heteroatoms. The lowest BCUT2D eigenvalue weighted by Crippen LogP contribution is -2.34. The highest BCUT2D eigenvalue weighted by Gasteiger charge is 2.22. The lowest BCUT2D eigenvalue weighted by molar-refractivity contribution is -0.124. The zero-order valence-corrected chi connectivity index (χ0v) is 26.3. The number of halogens is 2. The molecule has 0 unspecified atom stereocenters. The fourth-order valence-corrected chi connectivity index (χ4v) is 4.68. The number of nitrogens with zero attached hydrogens (tertiary/aromatic N) is 3. The topological polar surface area (TPSA) is 104 Å². The summed E-state index contributed by atoms with van der Waals surface area (Å²) >= 11 is 0. The average molecular weight is 624 g/mol. The Morgan fingerprint density at radius 1 is 0.932 bits per heavy atom. The molecule has 1 heterocycles. The number of ether oxygens (including phenoxy) is 2. The Labute approximate surface area is 265 Å². The predicted molar refractivity (Wildman–Crippen MR) is 173 cm³/mol. The highest BCUT2D eigenvalue weighted by Crippen LogP contribution is 2.36. The third-order valence-corrected chi connectivity index (χ3v) is 7.13. The van der Waals surface area contributed by atoms with Gasteiger partial charge in [0.2, 0.25) is 5.91 Å². The second-order valence-electron chi connectivity index (χ2n) is 11.0. The summed E-state index contributed by atoms with van der Waals surface area (Å²) in [6, 6.07) is 21.6. The average Bonchev–Trinajstić information content (AvgIpc) is 3.48. The number of nitrogens with one attached hydrogen (secondary N) is 1. The van der Waals surface area contributed by atoms with Gasteiger partial charge in [-0.15, -0.1) is 17.5 Å². The molecule has 4 rings (SSSR count). The maximum Gasteiger partial charge on any atom is 0.244 e. The number of nitrogens with two attached hydrogens (primary N) is 1. The molecule has 1 amide bonds. The molecule has 0 radical (unpaired) electrons. The van der Waals surface area contributed by atoms with Crippen molar-refractivity contribution in [2.24, 2.45) is 11.7 Å². The van der Waals surface area contributed by atoms with Crippen LogP contribution in [0, 0.1) is 11.7 Å². The number of carbonyl (C=O) groups excluding carboxylic acids is 1. The van der Waals surface area contributed by atoms with Crippen LogP contribution in [0.15, 0.2) is 79.0 Å². The van der Waals surface area contributed by atoms with Gasteiger partial charge in [0.05, 0.1) is 12.8 Å². The van der Waals surface area contributed by atoms with E-state index in [1.807, 2.05) is 48.5 Å². The van der Waals surface area contributed by atoms with Gasteiger partial charge in [-0.25, -0.2) is 9.07 Å². The number of rotatable bonds is 17. The Kier molecular flexibility index (Phi) is 14.1. The summed E-state index contributed by atoms with van der Waals surface area (Å²) in [7, 11) is 0. The molecule has 0 bridgehead atoms. The highest BCUT2D eigenvalue weighted by atomic mass is 35.5. The van der Waals surface area contributed by atoms with Gasteiger partial charge in [-0.2, -0.15) is 0 Å². The van der Waals surface area contributed by atoms with Gasteiger partial charge in [0.15, 0.2) is 0 Å². The van der Waals surface area contributed by atoms with Gasteiger partial charge >= 0.3 is 0 Å². The normalized spacial score (nSPS) is 11.6. The monoisotopic (exact) mass is 623 g/mol. The van der Waals surface area contributed by atoms with E-state index < -0.39 is 6.04 Å². The summed E-state index contributed by atoms with van der Waals surface area (Å²) in [5.41, 5.74) is 9.14. The summed E-state index contributed by atoms with van der Waals surface area (Å²) in [5.74, 6) is 1.66. The SMILES string of the molecule is CC(C)CCOc1ccccc1-c1ccccc1OCc1cn([C@H](CCCCN)C(=O)NCCc2ccc(F)cc2)nn1.Cl. The van der Waals surface area contributed by atoms with Crippen molar-refractivity contribution in [1.82, 2.24) is 20.3 Å². The Morgan fingerprint density at radius 2 is 1.59 bits per heavy atom. The minimum absolute atomic E-state index is 0. The number of hydrogen-bond donors (Lipinski definition) is 2. The second kappa shape index (κ2) is 18.0. The number of carbonyl (C=O) groups is 1. The van der Waals surface area contributed by atoms with Crippen LogP contribution in [-0.4, -0.2) is 40.6 Å². The molecular formula is C34H43ClFN5O3. The molecule has 4 aromatic rings. The molecular weight excluding hydrogens is 581 g/mol. The van der Waals surface area contributed by atoms with Crippen LogP contribution in [0.1, 0.15) is 56.8 Å². The zero-order chi connectivity index (χ0) is 30.4. The number of aromatic nitrogens is 3. The van der Waals surface area contributed by atoms with Crippen LogP contribution in [-0.2, 0) is 17.8 Å². The van der Waals surface area contributed by atoms with Crippen LogP contribution in [0.5, 0.6) is 11.5 Å². The fraction of sp³-hybridized carbons (Fsp3) is 0.382. The number of benzene rings is 3. The first-order chi connectivity index (χ1) is 20.9. The first-order valence-electron chi connectivity index (χ1n) is 15.0. The number of unbranched alkanes of at least 4 members (excludes halogenated alkanes) is 1. The van der Waals surface area contributed by atoms with E-state index >= 15 is 0 Å². The Bertz CT molecular complexity index is 1430. The molecule has 236 valence electrons. The minimum atomic E-state index is -0.525. The Balaban J connectivity index is 0.00000529. The fourth-order valence-electron chi connectivity index (χ4n) is 4.68. The summed E-state index contributed by atoms with van der Waals surface area (Å²) in [6.45, 7) is 6.18. The summed E-state index contributed by atoms with van der Waals surface area (Å²) in [4.78, 5) is 13.2. The van der Waals surface area contributed by atoms with Crippen LogP contribution in [0.4, 0.5) is 4.39 Å². The molecule has 0 saturated carbocycles. The van der Waals surface area contributed by atoms with Crippen molar-refractivity contribution in [2.75, 3.05) is 19.7 Å². The molecule has 0 aliphatic carbocycles. The van der Waals surface area contributed by atoms with Crippen LogP contribution < -0.4 is 20.5 Å². The summed E-state index contributed by atoms with van der Waals surface area (Å²) < 4.78 is 27.2. The smallest absolute Gasteiger partial charge is 0.244 e. The standard InChI is InChI=1S/C34H42FN5O3.ClH/c1-25(2)19-22-42-32-12-5-3-9-29(32)30-10-4-6-13-33(30)43-24-28-23-40(39-38-28)31(11-7-8-20-36)34(41)37-21-18-26-14-16-27(35)17-15-26;/h3-6,9-10,12-17,23,25,31H,7-8,11,18-22,24,36H2,1-2H3,(H,37,41);1H/t31-;/m1./s1. The minimum Gasteiger partial charge on any atom is -0.493 e. The number of amides is 1. The first kappa shape index (κ1) is 34.5. The highest BCUT2D eigenvalue weighted by molar-refractivity contribution is 5.85. The van der Waals surface area contributed by atoms with Gasteiger partial charge in [-0.05, 0) is 74.4 Å². The zero-order valence-electron chi connectivity index (χ0n) is 25.5. The second-order valence-corrected chi connectivity index (χ2v) is 11.0. The summed E-state index contributed by atoms with van der Waals surface area (Å²) in [5, 5.41) is 11.6. The predicted octanol–water partition coefficient (Wildman–Crippen LogP) is 6.54. The molecule has 3 aromatic carbocycles. The first-order valence-corrected chi connectivity index (χ1v) is 15.0. The van der Waals surface area contributed by atoms with Crippen LogP contribution in [0.25, 0.3) is 11.1 Å². The maximum atomic E-state index is 13.2. The molecule has 0 aliphatic heterocycles. The number of hydrogen-bond acceptors (Lipinski definition) is 6. The van der Waals surface area contributed by atoms with E-state index in [4.69, 9.17) is 15.2 Å². The van der Waals surface area contributed by atoms with Crippen molar-refractivity contribution in [1.29, 1.82) is 0 Å². The Morgan fingerprint density at radius 3 is 2.25 bits per heavy atom. The van der Waals surface area contributed by atoms with Crippen molar-refractivity contribution >= 4 is 18.3 Å². The van der Waals surface area contributed by atoms with E-state index in [0.29, 0.717) is 49.9 Å². The quantitative estimate of drug-likeness (QED) is 0.129. The Hall–Kier alpha value is -3.95. The van der Waals surface area contributed by atoms with E-state index in [-0.39, 0.29) is 30.7 Å². The van der Waals surface area contributed by atoms with Gasteiger partial charge < -0.3 is 20.5 Å². The van der Waals surface area contributed by atoms with E-state index in [9.17, 15) is 9.18 Å². The lowest BCUT2D eigenvalue weighted by atomic mass is 10.0. The summed E-state index contributed by atoms with van der Waals surface area (Å²) in [6.07, 6.45) is 5.51. The largest absolute Gasteiger partial charge is 0.493 e. The van der Waals surface area contributed by atoms with Gasteiger partial charge in [-0.1, -0.05) is 67.6 Å². The van der Waals surface area contributed by atoms with Gasteiger partial charge in [0.1, 0.15) is 35.7 Å². The molecule has 8 nitrogen and oxygen atoms in total. The molecule has 1 aromatic heterocycles. The molecule has 0 saturated heterocycles. The molecule has 3 N–H and O–H groups in total. The molecule has 44 heavy (non-hydrogen) atoms. The van der Waals surface area contributed by atoms with Crippen LogP contribution >= 0.6 is 12.4 Å². The van der Waals surface area contributed by atoms with Crippen molar-refractivity contribution < 1.29 is 18.7 Å². The van der Waals surface area contributed by atoms with Crippen molar-refractivity contribution in [3.8, 4) is 22.6 Å². The van der Waals surface area contributed by atoms with Crippen molar-refractivity contribution in [3.63, 3.8) is 0 Å².